The van der Waals surface area contributed by atoms with Crippen LogP contribution < -0.4 is 9.47 Å². The maximum Gasteiger partial charge on any atom is 0.119 e. The monoisotopic (exact) mass is 318 g/mol. The Morgan fingerprint density at radius 3 is 2.25 bits per heavy atom. The zero-order valence-electron chi connectivity index (χ0n) is 14.3. The maximum absolute atomic E-state index is 5.50. The van der Waals surface area contributed by atoms with Crippen LogP contribution in [-0.4, -0.2) is 14.2 Å². The van der Waals surface area contributed by atoms with Gasteiger partial charge in [-0.15, -0.1) is 0 Å². The first kappa shape index (κ1) is 13.3. The van der Waals surface area contributed by atoms with Gasteiger partial charge in [0, 0.05) is 5.41 Å². The highest BCUT2D eigenvalue weighted by Crippen LogP contribution is 2.82. The van der Waals surface area contributed by atoms with Crippen LogP contribution in [0.25, 0.3) is 0 Å². The maximum atomic E-state index is 5.50. The Morgan fingerprint density at radius 2 is 1.54 bits per heavy atom. The van der Waals surface area contributed by atoms with Gasteiger partial charge in [-0.25, -0.2) is 0 Å². The molecule has 2 heteroatoms. The first-order valence-electron chi connectivity index (χ1n) is 9.08. The molecule has 2 aromatic carbocycles. The molecule has 4 aliphatic carbocycles. The van der Waals surface area contributed by atoms with Crippen LogP contribution in [0.3, 0.4) is 0 Å². The van der Waals surface area contributed by atoms with E-state index >= 15 is 0 Å². The largest absolute Gasteiger partial charge is 0.497 e. The minimum atomic E-state index is 0.265. The highest BCUT2D eigenvalue weighted by Gasteiger charge is 2.78. The summed E-state index contributed by atoms with van der Waals surface area (Å²) in [6.45, 7) is 0. The molecule has 0 N–H and O–H groups in total. The molecule has 0 aromatic heterocycles. The molecule has 0 heterocycles. The minimum Gasteiger partial charge on any atom is -0.497 e. The summed E-state index contributed by atoms with van der Waals surface area (Å²) in [4.78, 5) is 0. The van der Waals surface area contributed by atoms with Crippen molar-refractivity contribution in [2.75, 3.05) is 14.2 Å². The molecule has 2 nitrogen and oxygen atoms in total. The van der Waals surface area contributed by atoms with Crippen LogP contribution in [0.15, 0.2) is 36.4 Å². The molecule has 4 atom stereocenters. The van der Waals surface area contributed by atoms with Gasteiger partial charge in [-0.1, -0.05) is 12.1 Å². The Morgan fingerprint density at radius 1 is 0.875 bits per heavy atom. The lowest BCUT2D eigenvalue weighted by atomic mass is 9.66. The number of ether oxygens (including phenoxy) is 2. The Hall–Kier alpha value is -1.96. The summed E-state index contributed by atoms with van der Waals surface area (Å²) in [7, 11) is 3.54. The van der Waals surface area contributed by atoms with E-state index in [9.17, 15) is 0 Å². The Kier molecular flexibility index (Phi) is 2.22. The smallest absolute Gasteiger partial charge is 0.119 e. The zero-order chi connectivity index (χ0) is 16.1. The van der Waals surface area contributed by atoms with Crippen molar-refractivity contribution in [1.29, 1.82) is 0 Å². The molecule has 2 fully saturated rings. The van der Waals surface area contributed by atoms with Gasteiger partial charge in [0.1, 0.15) is 11.5 Å². The summed E-state index contributed by atoms with van der Waals surface area (Å²) < 4.78 is 11.0. The fourth-order valence-electron chi connectivity index (χ4n) is 6.90. The molecule has 2 saturated carbocycles. The summed E-state index contributed by atoms with van der Waals surface area (Å²) in [6, 6.07) is 13.7. The first-order valence-corrected chi connectivity index (χ1v) is 9.08. The van der Waals surface area contributed by atoms with Crippen molar-refractivity contribution in [3.05, 3.63) is 58.7 Å². The average molecular weight is 318 g/mol. The van der Waals surface area contributed by atoms with E-state index in [0.29, 0.717) is 5.41 Å². The van der Waals surface area contributed by atoms with Gasteiger partial charge in [0.15, 0.2) is 0 Å². The van der Waals surface area contributed by atoms with Crippen molar-refractivity contribution in [1.82, 2.24) is 0 Å². The van der Waals surface area contributed by atoms with Gasteiger partial charge in [-0.05, 0) is 89.5 Å². The summed E-state index contributed by atoms with van der Waals surface area (Å²) in [5.41, 5.74) is 7.00. The molecule has 3 unspecified atom stereocenters. The third-order valence-corrected chi connectivity index (χ3v) is 7.65. The van der Waals surface area contributed by atoms with E-state index in [1.165, 1.54) is 36.8 Å². The Balaban J connectivity index is 1.63. The number of fused-ring (bicyclic) bond motifs is 2. The van der Waals surface area contributed by atoms with E-state index < -0.39 is 0 Å². The first-order chi connectivity index (χ1) is 11.7. The van der Waals surface area contributed by atoms with E-state index in [2.05, 4.69) is 36.4 Å². The lowest BCUT2D eigenvalue weighted by molar-refractivity contribution is 0.285. The van der Waals surface area contributed by atoms with Crippen LogP contribution in [0.4, 0.5) is 0 Å². The molecule has 0 saturated heterocycles. The van der Waals surface area contributed by atoms with Crippen LogP contribution >= 0.6 is 0 Å². The van der Waals surface area contributed by atoms with Crippen LogP contribution in [0.5, 0.6) is 11.5 Å². The third kappa shape index (κ3) is 1.22. The van der Waals surface area contributed by atoms with E-state index in [1.807, 2.05) is 0 Å². The number of benzene rings is 2. The number of rotatable bonds is 2. The van der Waals surface area contributed by atoms with Gasteiger partial charge in [0.05, 0.1) is 14.2 Å². The van der Waals surface area contributed by atoms with Gasteiger partial charge in [-0.3, -0.25) is 0 Å². The number of methoxy groups -OCH3 is 2. The van der Waals surface area contributed by atoms with E-state index in [0.717, 1.165) is 23.3 Å². The standard InChI is InChI=1S/C22H22O2/c1-23-17-3-5-19-13(8-17)7-15-10-16-12-21(16)11-14-9-18(24-2)4-6-20(14)22(15,19)21/h3-6,8-9,15-16H,7,10-12H2,1-2H3/t15?,16?,21?,22-/m0/s1. The molecule has 122 valence electrons. The fraction of sp³-hybridized carbons (Fsp3) is 0.455. The molecule has 6 rings (SSSR count). The second-order valence-corrected chi connectivity index (χ2v) is 8.22. The van der Waals surface area contributed by atoms with Crippen LogP contribution in [-0.2, 0) is 18.3 Å². The normalized spacial score (nSPS) is 36.4. The van der Waals surface area contributed by atoms with Crippen molar-refractivity contribution >= 4 is 0 Å². The zero-order valence-corrected chi connectivity index (χ0v) is 14.3. The van der Waals surface area contributed by atoms with Crippen molar-refractivity contribution in [2.24, 2.45) is 17.3 Å². The highest BCUT2D eigenvalue weighted by molar-refractivity contribution is 5.64. The van der Waals surface area contributed by atoms with Crippen molar-refractivity contribution in [2.45, 2.75) is 31.1 Å². The minimum absolute atomic E-state index is 0.265. The van der Waals surface area contributed by atoms with E-state index in [1.54, 1.807) is 25.3 Å². The lowest BCUT2D eigenvalue weighted by Gasteiger charge is -2.36. The van der Waals surface area contributed by atoms with Crippen molar-refractivity contribution in [3.8, 4) is 11.5 Å². The van der Waals surface area contributed by atoms with Gasteiger partial charge in [0.25, 0.3) is 0 Å². The van der Waals surface area contributed by atoms with Crippen LogP contribution in [0.2, 0.25) is 0 Å². The molecule has 0 aliphatic heterocycles. The molecule has 24 heavy (non-hydrogen) atoms. The van der Waals surface area contributed by atoms with Crippen LogP contribution in [0, 0.1) is 17.3 Å². The van der Waals surface area contributed by atoms with Gasteiger partial charge in [-0.2, -0.15) is 0 Å². The second kappa shape index (κ2) is 3.99. The molecule has 0 amide bonds. The fourth-order valence-corrected chi connectivity index (χ4v) is 6.90. The summed E-state index contributed by atoms with van der Waals surface area (Å²) >= 11 is 0. The SMILES string of the molecule is COc1ccc2c(c1)CC1CC3CC34Cc3cc(OC)ccc3[C@@]214. The highest BCUT2D eigenvalue weighted by atomic mass is 16.5. The quantitative estimate of drug-likeness (QED) is 0.829. The van der Waals surface area contributed by atoms with Crippen molar-refractivity contribution in [3.63, 3.8) is 0 Å². The van der Waals surface area contributed by atoms with E-state index in [4.69, 9.17) is 9.47 Å². The molecular weight excluding hydrogens is 296 g/mol. The lowest BCUT2D eigenvalue weighted by Crippen LogP contribution is -2.35. The van der Waals surface area contributed by atoms with E-state index in [-0.39, 0.29) is 5.41 Å². The molecule has 4 aliphatic rings. The van der Waals surface area contributed by atoms with Gasteiger partial charge in [0.2, 0.25) is 0 Å². The topological polar surface area (TPSA) is 18.5 Å². The number of hydrogen-bond donors (Lipinski definition) is 0. The van der Waals surface area contributed by atoms with Gasteiger partial charge >= 0.3 is 0 Å². The average Bonchev–Trinajstić information content (AvgIpc) is 2.96. The van der Waals surface area contributed by atoms with Gasteiger partial charge < -0.3 is 9.47 Å². The molecule has 2 aromatic rings. The predicted octanol–water partition coefficient (Wildman–Crippen LogP) is 4.13. The molecule has 0 bridgehead atoms. The third-order valence-electron chi connectivity index (χ3n) is 7.65. The summed E-state index contributed by atoms with van der Waals surface area (Å²) in [6.07, 6.45) is 5.27. The molecular formula is C22H22O2. The van der Waals surface area contributed by atoms with Crippen LogP contribution in [0.1, 0.15) is 35.1 Å². The molecule has 0 radical (unpaired) electrons. The number of hydrogen-bond acceptors (Lipinski definition) is 2. The summed E-state index contributed by atoms with van der Waals surface area (Å²) in [5, 5.41) is 0. The second-order valence-electron chi connectivity index (χ2n) is 8.22. The van der Waals surface area contributed by atoms with Crippen molar-refractivity contribution < 1.29 is 9.47 Å². The Bertz CT molecular complexity index is 873. The predicted molar refractivity (Wildman–Crippen MR) is 92.8 cm³/mol. The molecule has 2 spiro atoms. The summed E-state index contributed by atoms with van der Waals surface area (Å²) in [5.74, 6) is 3.70. The Labute approximate surface area is 142 Å².